The largest absolute Gasteiger partial charge is 0.378 e. The van der Waals surface area contributed by atoms with Gasteiger partial charge in [-0.1, -0.05) is 13.8 Å². The van der Waals surface area contributed by atoms with Gasteiger partial charge in [-0.05, 0) is 20.8 Å². The van der Waals surface area contributed by atoms with Crippen LogP contribution in [0.3, 0.4) is 0 Å². The summed E-state index contributed by atoms with van der Waals surface area (Å²) in [5.41, 5.74) is 0.682. The Balaban J connectivity index is 2.92. The molecule has 1 N–H and O–H groups in total. The molecule has 5 heteroatoms. The van der Waals surface area contributed by atoms with Crippen molar-refractivity contribution in [2.45, 2.75) is 59.4 Å². The molecule has 0 fully saturated rings. The number of nitrogens with one attached hydrogen (secondary N) is 1. The summed E-state index contributed by atoms with van der Waals surface area (Å²) in [4.78, 5) is 5.93. The molecule has 1 heterocycles. The summed E-state index contributed by atoms with van der Waals surface area (Å²) in [6.45, 7) is 12.5. The molecular formula is C14H26N2O2S. The van der Waals surface area contributed by atoms with Crippen molar-refractivity contribution >= 4 is 11.3 Å². The van der Waals surface area contributed by atoms with E-state index in [-0.39, 0.29) is 5.60 Å². The van der Waals surface area contributed by atoms with Gasteiger partial charge >= 0.3 is 0 Å². The highest BCUT2D eigenvalue weighted by atomic mass is 32.1. The lowest BCUT2D eigenvalue weighted by molar-refractivity contribution is -0.0143. The maximum Gasteiger partial charge on any atom is 0.125 e. The van der Waals surface area contributed by atoms with Crippen molar-refractivity contribution in [2.75, 3.05) is 13.7 Å². The second kappa shape index (κ2) is 7.33. The Kier molecular flexibility index (Phi) is 6.39. The maximum absolute atomic E-state index is 5.77. The van der Waals surface area contributed by atoms with Crippen molar-refractivity contribution in [3.63, 3.8) is 0 Å². The standard InChI is InChI=1S/C14H26N2O2S/c1-7-18-14(4,5)13-16-11(9-17-6)12(19-13)8-15-10(2)3/h10,15H,7-9H2,1-6H3. The van der Waals surface area contributed by atoms with Crippen LogP contribution in [0.2, 0.25) is 0 Å². The topological polar surface area (TPSA) is 43.4 Å². The van der Waals surface area contributed by atoms with Crippen LogP contribution in [-0.2, 0) is 28.2 Å². The molecule has 0 aliphatic carbocycles. The molecule has 0 bridgehead atoms. The molecule has 0 unspecified atom stereocenters. The Labute approximate surface area is 120 Å². The van der Waals surface area contributed by atoms with Crippen molar-refractivity contribution in [3.8, 4) is 0 Å². The van der Waals surface area contributed by atoms with E-state index in [1.54, 1.807) is 18.4 Å². The van der Waals surface area contributed by atoms with Crippen LogP contribution < -0.4 is 5.32 Å². The number of nitrogens with zero attached hydrogens (tertiary/aromatic N) is 1. The quantitative estimate of drug-likeness (QED) is 0.797. The lowest BCUT2D eigenvalue weighted by Gasteiger charge is -2.21. The van der Waals surface area contributed by atoms with Gasteiger partial charge in [0.25, 0.3) is 0 Å². The normalized spacial score (nSPS) is 12.4. The van der Waals surface area contributed by atoms with E-state index in [9.17, 15) is 0 Å². The lowest BCUT2D eigenvalue weighted by atomic mass is 10.1. The van der Waals surface area contributed by atoms with Gasteiger partial charge in [-0.3, -0.25) is 0 Å². The maximum atomic E-state index is 5.77. The molecule has 19 heavy (non-hydrogen) atoms. The van der Waals surface area contributed by atoms with Crippen LogP contribution in [0.4, 0.5) is 0 Å². The minimum atomic E-state index is -0.335. The number of rotatable bonds is 8. The number of methoxy groups -OCH3 is 1. The van der Waals surface area contributed by atoms with Crippen LogP contribution in [0.5, 0.6) is 0 Å². The molecule has 0 aliphatic rings. The van der Waals surface area contributed by atoms with E-state index in [2.05, 4.69) is 33.0 Å². The monoisotopic (exact) mass is 286 g/mol. The summed E-state index contributed by atoms with van der Waals surface area (Å²) in [7, 11) is 1.70. The summed E-state index contributed by atoms with van der Waals surface area (Å²) in [5, 5.41) is 4.45. The average molecular weight is 286 g/mol. The molecule has 4 nitrogen and oxygen atoms in total. The zero-order valence-corrected chi connectivity index (χ0v) is 13.7. The molecule has 1 rings (SSSR count). The van der Waals surface area contributed by atoms with Gasteiger partial charge in [0.2, 0.25) is 0 Å². The van der Waals surface area contributed by atoms with Crippen LogP contribution in [0.1, 0.15) is 50.2 Å². The fourth-order valence-electron chi connectivity index (χ4n) is 1.75. The van der Waals surface area contributed by atoms with Gasteiger partial charge in [-0.2, -0.15) is 0 Å². The minimum Gasteiger partial charge on any atom is -0.378 e. The van der Waals surface area contributed by atoms with Gasteiger partial charge < -0.3 is 14.8 Å². The van der Waals surface area contributed by atoms with Gasteiger partial charge in [0, 0.05) is 31.2 Å². The first kappa shape index (κ1) is 16.6. The SMILES string of the molecule is CCOC(C)(C)c1nc(COC)c(CNC(C)C)s1. The van der Waals surface area contributed by atoms with Crippen LogP contribution >= 0.6 is 11.3 Å². The van der Waals surface area contributed by atoms with Crippen molar-refractivity contribution in [1.82, 2.24) is 10.3 Å². The summed E-state index contributed by atoms with van der Waals surface area (Å²) in [6.07, 6.45) is 0. The third kappa shape index (κ3) is 4.84. The van der Waals surface area contributed by atoms with E-state index in [0.717, 1.165) is 17.2 Å². The number of aromatic nitrogens is 1. The Morgan fingerprint density at radius 1 is 1.37 bits per heavy atom. The minimum absolute atomic E-state index is 0.335. The van der Waals surface area contributed by atoms with Gasteiger partial charge in [0.15, 0.2) is 0 Å². The van der Waals surface area contributed by atoms with E-state index in [1.165, 1.54) is 4.88 Å². The van der Waals surface area contributed by atoms with Gasteiger partial charge in [0.1, 0.15) is 10.6 Å². The molecule has 1 aromatic rings. The van der Waals surface area contributed by atoms with Crippen LogP contribution in [0, 0.1) is 0 Å². The molecule has 110 valence electrons. The summed E-state index contributed by atoms with van der Waals surface area (Å²) >= 11 is 1.71. The molecule has 0 saturated heterocycles. The highest BCUT2D eigenvalue weighted by Crippen LogP contribution is 2.31. The van der Waals surface area contributed by atoms with Gasteiger partial charge in [-0.15, -0.1) is 11.3 Å². The van der Waals surface area contributed by atoms with Crippen molar-refractivity contribution < 1.29 is 9.47 Å². The molecular weight excluding hydrogens is 260 g/mol. The number of hydrogen-bond donors (Lipinski definition) is 1. The predicted molar refractivity (Wildman–Crippen MR) is 79.5 cm³/mol. The smallest absolute Gasteiger partial charge is 0.125 e. The third-order valence-electron chi connectivity index (χ3n) is 2.75. The average Bonchev–Trinajstić information content (AvgIpc) is 2.71. The number of hydrogen-bond acceptors (Lipinski definition) is 5. The zero-order valence-electron chi connectivity index (χ0n) is 12.9. The summed E-state index contributed by atoms with van der Waals surface area (Å²) in [5.74, 6) is 0. The Morgan fingerprint density at radius 2 is 2.05 bits per heavy atom. The Morgan fingerprint density at radius 3 is 2.58 bits per heavy atom. The Bertz CT molecular complexity index is 389. The molecule has 0 aromatic carbocycles. The fraction of sp³-hybridized carbons (Fsp3) is 0.786. The van der Waals surface area contributed by atoms with E-state index in [4.69, 9.17) is 14.5 Å². The molecule has 0 spiro atoms. The van der Waals surface area contributed by atoms with E-state index >= 15 is 0 Å². The predicted octanol–water partition coefficient (Wildman–Crippen LogP) is 3.06. The van der Waals surface area contributed by atoms with E-state index in [1.807, 2.05) is 6.92 Å². The van der Waals surface area contributed by atoms with Crippen LogP contribution in [0.25, 0.3) is 0 Å². The van der Waals surface area contributed by atoms with Crippen LogP contribution in [-0.4, -0.2) is 24.7 Å². The molecule has 1 aromatic heterocycles. The molecule has 0 saturated carbocycles. The van der Waals surface area contributed by atoms with Crippen molar-refractivity contribution in [3.05, 3.63) is 15.6 Å². The van der Waals surface area contributed by atoms with E-state index in [0.29, 0.717) is 19.3 Å². The summed E-state index contributed by atoms with van der Waals surface area (Å²) < 4.78 is 11.0. The van der Waals surface area contributed by atoms with Gasteiger partial charge in [-0.25, -0.2) is 4.98 Å². The number of thiazole rings is 1. The first-order valence-corrected chi connectivity index (χ1v) is 7.57. The molecule has 0 radical (unpaired) electrons. The third-order valence-corrected chi connectivity index (χ3v) is 4.15. The fourth-order valence-corrected chi connectivity index (χ4v) is 2.82. The summed E-state index contributed by atoms with van der Waals surface area (Å²) in [6, 6.07) is 0.459. The highest BCUT2D eigenvalue weighted by molar-refractivity contribution is 7.11. The van der Waals surface area contributed by atoms with E-state index < -0.39 is 0 Å². The second-order valence-corrected chi connectivity index (χ2v) is 6.38. The Hall–Kier alpha value is -0.490. The number of ether oxygens (including phenoxy) is 2. The van der Waals surface area contributed by atoms with Gasteiger partial charge in [0.05, 0.1) is 12.3 Å². The lowest BCUT2D eigenvalue weighted by Crippen LogP contribution is -2.22. The van der Waals surface area contributed by atoms with Crippen LogP contribution in [0.15, 0.2) is 0 Å². The molecule has 0 amide bonds. The molecule has 0 aliphatic heterocycles. The first-order valence-electron chi connectivity index (χ1n) is 6.76. The molecule has 0 atom stereocenters. The van der Waals surface area contributed by atoms with Crippen molar-refractivity contribution in [1.29, 1.82) is 0 Å². The first-order chi connectivity index (χ1) is 8.90. The second-order valence-electron chi connectivity index (χ2n) is 5.30. The zero-order chi connectivity index (χ0) is 14.5. The highest BCUT2D eigenvalue weighted by Gasteiger charge is 2.26. The van der Waals surface area contributed by atoms with Crippen molar-refractivity contribution in [2.24, 2.45) is 0 Å².